The number of carboxylic acid groups (broad SMARTS) is 1. The average molecular weight is 284 g/mol. The maximum atomic E-state index is 11.1. The Balaban J connectivity index is 2.03. The molecule has 98 valence electrons. The fourth-order valence-electron chi connectivity index (χ4n) is 1.77. The third-order valence-corrected chi connectivity index (χ3v) is 5.52. The molecule has 0 amide bonds. The van der Waals surface area contributed by atoms with Crippen LogP contribution in [0.2, 0.25) is 0 Å². The summed E-state index contributed by atoms with van der Waals surface area (Å²) in [5, 5.41) is 12.8. The molecule has 0 aliphatic carbocycles. The van der Waals surface area contributed by atoms with Crippen LogP contribution in [0, 0.1) is 0 Å². The maximum Gasteiger partial charge on any atom is 0.337 e. The lowest BCUT2D eigenvalue weighted by molar-refractivity contribution is 0.0698. The zero-order valence-electron chi connectivity index (χ0n) is 9.89. The lowest BCUT2D eigenvalue weighted by Crippen LogP contribution is -2.24. The third kappa shape index (κ3) is 3.49. The van der Waals surface area contributed by atoms with Gasteiger partial charge in [-0.3, -0.25) is 0 Å². The number of nitrogens with one attached hydrogen (secondary N) is 1. The van der Waals surface area contributed by atoms with Gasteiger partial charge in [-0.2, -0.15) is 23.5 Å². The van der Waals surface area contributed by atoms with Gasteiger partial charge in [-0.25, -0.2) is 4.79 Å². The highest BCUT2D eigenvalue weighted by Gasteiger charge is 2.16. The molecule has 1 aliphatic heterocycles. The molecule has 1 saturated heterocycles. The number of hydrogen-bond donors (Lipinski definition) is 3. The molecule has 6 heteroatoms. The van der Waals surface area contributed by atoms with Crippen LogP contribution in [0.1, 0.15) is 10.4 Å². The van der Waals surface area contributed by atoms with E-state index in [-0.39, 0.29) is 5.56 Å². The van der Waals surface area contributed by atoms with Crippen LogP contribution in [-0.4, -0.2) is 40.1 Å². The summed E-state index contributed by atoms with van der Waals surface area (Å²) in [4.78, 5) is 11.1. The molecule has 1 aliphatic rings. The van der Waals surface area contributed by atoms with Gasteiger partial charge in [0.2, 0.25) is 0 Å². The predicted molar refractivity (Wildman–Crippen MR) is 79.9 cm³/mol. The summed E-state index contributed by atoms with van der Waals surface area (Å²) in [5.74, 6) is 2.56. The van der Waals surface area contributed by atoms with Gasteiger partial charge in [0.05, 0.1) is 11.3 Å². The first-order chi connectivity index (χ1) is 8.66. The molecule has 1 heterocycles. The molecule has 0 aromatic heterocycles. The summed E-state index contributed by atoms with van der Waals surface area (Å²) < 4.78 is 0. The van der Waals surface area contributed by atoms with Gasteiger partial charge < -0.3 is 16.2 Å². The molecule has 4 nitrogen and oxygen atoms in total. The fraction of sp³-hybridized carbons (Fsp3) is 0.417. The topological polar surface area (TPSA) is 75.4 Å². The number of nitrogen functional groups attached to an aromatic ring is 1. The Labute approximate surface area is 115 Å². The summed E-state index contributed by atoms with van der Waals surface area (Å²) in [6.07, 6.45) is 0. The van der Waals surface area contributed by atoms with Gasteiger partial charge in [-0.15, -0.1) is 0 Å². The van der Waals surface area contributed by atoms with E-state index in [1.165, 1.54) is 11.5 Å². The number of carbonyl (C=O) groups is 1. The molecular weight excluding hydrogens is 268 g/mol. The molecule has 1 fully saturated rings. The summed E-state index contributed by atoms with van der Waals surface area (Å²) >= 11 is 3.89. The number of hydrogen-bond acceptors (Lipinski definition) is 5. The van der Waals surface area contributed by atoms with Crippen molar-refractivity contribution in [2.75, 3.05) is 34.9 Å². The first-order valence-electron chi connectivity index (χ1n) is 5.73. The van der Waals surface area contributed by atoms with Crippen molar-refractivity contribution >= 4 is 40.9 Å². The fourth-order valence-corrected chi connectivity index (χ4v) is 4.38. The Hall–Kier alpha value is -1.01. The summed E-state index contributed by atoms with van der Waals surface area (Å²) in [7, 11) is 0. The maximum absolute atomic E-state index is 11.1. The summed E-state index contributed by atoms with van der Waals surface area (Å²) in [6, 6.07) is 4.84. The molecule has 1 aromatic carbocycles. The van der Waals surface area contributed by atoms with Crippen LogP contribution in [0.3, 0.4) is 0 Å². The molecule has 1 aromatic rings. The van der Waals surface area contributed by atoms with Gasteiger partial charge in [0.1, 0.15) is 0 Å². The van der Waals surface area contributed by atoms with E-state index in [0.29, 0.717) is 16.6 Å². The zero-order valence-corrected chi connectivity index (χ0v) is 11.5. The molecule has 1 unspecified atom stereocenters. The molecule has 1 atom stereocenters. The van der Waals surface area contributed by atoms with Crippen LogP contribution < -0.4 is 11.1 Å². The number of carboxylic acids is 1. The Kier molecular flexibility index (Phi) is 4.66. The van der Waals surface area contributed by atoms with Crippen molar-refractivity contribution in [2.45, 2.75) is 5.25 Å². The molecule has 0 saturated carbocycles. The second-order valence-electron chi connectivity index (χ2n) is 4.06. The number of anilines is 2. The van der Waals surface area contributed by atoms with Crippen molar-refractivity contribution < 1.29 is 9.90 Å². The van der Waals surface area contributed by atoms with Crippen LogP contribution in [-0.2, 0) is 0 Å². The van der Waals surface area contributed by atoms with Gasteiger partial charge >= 0.3 is 5.97 Å². The van der Waals surface area contributed by atoms with Crippen molar-refractivity contribution in [1.29, 1.82) is 0 Å². The first kappa shape index (κ1) is 13.4. The van der Waals surface area contributed by atoms with Gasteiger partial charge in [0.25, 0.3) is 0 Å². The summed E-state index contributed by atoms with van der Waals surface area (Å²) in [6.45, 7) is 0.779. The van der Waals surface area contributed by atoms with E-state index in [2.05, 4.69) is 5.32 Å². The largest absolute Gasteiger partial charge is 0.478 e. The Morgan fingerprint density at radius 1 is 1.50 bits per heavy atom. The second kappa shape index (κ2) is 6.24. The van der Waals surface area contributed by atoms with E-state index in [0.717, 1.165) is 12.3 Å². The second-order valence-corrected chi connectivity index (χ2v) is 6.62. The number of nitrogens with two attached hydrogens (primary N) is 1. The Morgan fingerprint density at radius 2 is 2.33 bits per heavy atom. The van der Waals surface area contributed by atoms with Gasteiger partial charge in [0.15, 0.2) is 0 Å². The van der Waals surface area contributed by atoms with Crippen molar-refractivity contribution in [3.8, 4) is 0 Å². The molecular formula is C12H16N2O2S2. The van der Waals surface area contributed by atoms with E-state index < -0.39 is 5.97 Å². The van der Waals surface area contributed by atoms with Crippen molar-refractivity contribution in [3.05, 3.63) is 23.8 Å². The molecule has 4 N–H and O–H groups in total. The molecule has 0 bridgehead atoms. The highest BCUT2D eigenvalue weighted by molar-refractivity contribution is 8.06. The van der Waals surface area contributed by atoms with Crippen LogP contribution in [0.25, 0.3) is 0 Å². The standard InChI is InChI=1S/C12H16N2O2S2/c13-8-1-2-10(12(15)16)11(5-8)14-6-9-7-17-3-4-18-9/h1-2,5,9,14H,3-4,6-7,13H2,(H,15,16). The van der Waals surface area contributed by atoms with E-state index in [4.69, 9.17) is 10.8 Å². The monoisotopic (exact) mass is 284 g/mol. The van der Waals surface area contributed by atoms with Gasteiger partial charge in [-0.1, -0.05) is 0 Å². The summed E-state index contributed by atoms with van der Waals surface area (Å²) in [5.41, 5.74) is 7.16. The van der Waals surface area contributed by atoms with Gasteiger partial charge in [0, 0.05) is 34.7 Å². The third-order valence-electron chi connectivity index (χ3n) is 2.68. The van der Waals surface area contributed by atoms with Crippen molar-refractivity contribution in [2.24, 2.45) is 0 Å². The number of thioether (sulfide) groups is 2. The Bertz CT molecular complexity index is 434. The molecule has 0 spiro atoms. The van der Waals surface area contributed by atoms with Crippen LogP contribution >= 0.6 is 23.5 Å². The number of benzene rings is 1. The van der Waals surface area contributed by atoms with E-state index >= 15 is 0 Å². The van der Waals surface area contributed by atoms with E-state index in [9.17, 15) is 4.79 Å². The minimum absolute atomic E-state index is 0.276. The smallest absolute Gasteiger partial charge is 0.337 e. The zero-order chi connectivity index (χ0) is 13.0. The number of aromatic carboxylic acids is 1. The van der Waals surface area contributed by atoms with E-state index in [1.807, 2.05) is 23.5 Å². The highest BCUT2D eigenvalue weighted by Crippen LogP contribution is 2.25. The molecule has 18 heavy (non-hydrogen) atoms. The lowest BCUT2D eigenvalue weighted by Gasteiger charge is -2.22. The Morgan fingerprint density at radius 3 is 3.00 bits per heavy atom. The highest BCUT2D eigenvalue weighted by atomic mass is 32.2. The minimum atomic E-state index is -0.928. The lowest BCUT2D eigenvalue weighted by atomic mass is 10.1. The van der Waals surface area contributed by atoms with E-state index in [1.54, 1.807) is 18.2 Å². The number of rotatable bonds is 4. The van der Waals surface area contributed by atoms with Crippen molar-refractivity contribution in [3.63, 3.8) is 0 Å². The molecule has 0 radical (unpaired) electrons. The van der Waals surface area contributed by atoms with Crippen molar-refractivity contribution in [1.82, 2.24) is 0 Å². The van der Waals surface area contributed by atoms with Crippen LogP contribution in [0.15, 0.2) is 18.2 Å². The average Bonchev–Trinajstić information content (AvgIpc) is 2.37. The quantitative estimate of drug-likeness (QED) is 0.736. The SMILES string of the molecule is Nc1ccc(C(=O)O)c(NCC2CSCCS2)c1. The van der Waals surface area contributed by atoms with Crippen LogP contribution in [0.4, 0.5) is 11.4 Å². The van der Waals surface area contributed by atoms with Crippen LogP contribution in [0.5, 0.6) is 0 Å². The predicted octanol–water partition coefficient (Wildman–Crippen LogP) is 2.23. The van der Waals surface area contributed by atoms with Gasteiger partial charge in [-0.05, 0) is 18.2 Å². The molecule has 2 rings (SSSR count). The minimum Gasteiger partial charge on any atom is -0.478 e. The normalized spacial score (nSPS) is 19.4. The first-order valence-corrected chi connectivity index (χ1v) is 7.93.